The van der Waals surface area contributed by atoms with E-state index in [1.54, 1.807) is 0 Å². The van der Waals surface area contributed by atoms with E-state index < -0.39 is 23.2 Å². The summed E-state index contributed by atoms with van der Waals surface area (Å²) < 4.78 is 21.6. The van der Waals surface area contributed by atoms with Gasteiger partial charge in [-0.05, 0) is 0 Å². The van der Waals surface area contributed by atoms with Crippen LogP contribution in [-0.4, -0.2) is 30.8 Å². The van der Waals surface area contributed by atoms with E-state index in [2.05, 4.69) is 19.2 Å². The van der Waals surface area contributed by atoms with Gasteiger partial charge in [-0.2, -0.15) is 12.6 Å². The quantitative estimate of drug-likeness (QED) is 0.450. The highest BCUT2D eigenvalue weighted by atomic mass is 32.2. The van der Waals surface area contributed by atoms with Crippen LogP contribution in [0.5, 0.6) is 0 Å². The smallest absolute Gasteiger partial charge is 0.242 e. The molecule has 0 aliphatic carbocycles. The van der Waals surface area contributed by atoms with Crippen molar-refractivity contribution < 1.29 is 13.6 Å². The Balaban J connectivity index is 4.55. The molecule has 0 aromatic rings. The maximum absolute atomic E-state index is 10.6. The largest absolute Gasteiger partial charge is 0.755 e. The molecule has 0 aliphatic heterocycles. The van der Waals surface area contributed by atoms with Gasteiger partial charge in [-0.3, -0.25) is 13.3 Å². The van der Waals surface area contributed by atoms with Crippen molar-refractivity contribution >= 4 is 29.8 Å². The van der Waals surface area contributed by atoms with Crippen LogP contribution in [0.25, 0.3) is 0 Å². The molecule has 0 saturated heterocycles. The molecule has 2 unspecified atom stereocenters. The van der Waals surface area contributed by atoms with Crippen LogP contribution in [0.2, 0.25) is 0 Å². The first-order valence-electron chi connectivity index (χ1n) is 2.95. The van der Waals surface area contributed by atoms with Gasteiger partial charge in [0.05, 0.1) is 0 Å². The van der Waals surface area contributed by atoms with Gasteiger partial charge in [0.25, 0.3) is 0 Å². The molecule has 0 aliphatic rings. The molecule has 1 amide bonds. The van der Waals surface area contributed by atoms with Gasteiger partial charge in [0, 0.05) is 23.2 Å². The van der Waals surface area contributed by atoms with E-state index >= 15 is 0 Å². The van der Waals surface area contributed by atoms with Crippen molar-refractivity contribution in [2.24, 2.45) is 5.73 Å². The van der Waals surface area contributed by atoms with E-state index in [9.17, 15) is 13.6 Å². The first-order valence-corrected chi connectivity index (χ1v) is 4.61. The molecule has 12 heavy (non-hydrogen) atoms. The van der Waals surface area contributed by atoms with Crippen LogP contribution < -0.4 is 5.73 Å². The molecule has 7 heteroatoms. The van der Waals surface area contributed by atoms with E-state index in [1.165, 1.54) is 0 Å². The highest BCUT2D eigenvalue weighted by Gasteiger charge is 2.19. The van der Waals surface area contributed by atoms with E-state index in [4.69, 9.17) is 5.73 Å². The first-order chi connectivity index (χ1) is 5.54. The summed E-state index contributed by atoms with van der Waals surface area (Å²) in [5, 5.41) is 0. The summed E-state index contributed by atoms with van der Waals surface area (Å²) in [6.07, 6.45) is 1.01. The van der Waals surface area contributed by atoms with Crippen LogP contribution in [-0.2, 0) is 16.1 Å². The normalized spacial score (nSPS) is 14.8. The maximum atomic E-state index is 10.6. The number of carbonyl (C=O) groups is 1. The number of carbonyl (C=O) groups excluding carboxylic acids is 1. The standard InChI is InChI=1S/C5H10N2O3S2/c1-2-7(12(9)10)4(3-11)5(6)8/h2,4,11H,1,3H2,(H2,6,8)(H,9,10)/p-1. The minimum atomic E-state index is -2.54. The Morgan fingerprint density at radius 1 is 1.92 bits per heavy atom. The summed E-state index contributed by atoms with van der Waals surface area (Å²) in [6.45, 7) is 3.22. The predicted octanol–water partition coefficient (Wildman–Crippen LogP) is -0.990. The van der Waals surface area contributed by atoms with E-state index in [0.29, 0.717) is 0 Å². The molecule has 0 bridgehead atoms. The summed E-state index contributed by atoms with van der Waals surface area (Å²) in [5.41, 5.74) is 4.91. The zero-order valence-corrected chi connectivity index (χ0v) is 7.88. The third kappa shape index (κ3) is 2.84. The Kier molecular flexibility index (Phi) is 4.95. The topological polar surface area (TPSA) is 86.5 Å². The Morgan fingerprint density at radius 3 is 2.50 bits per heavy atom. The van der Waals surface area contributed by atoms with Gasteiger partial charge in [-0.25, -0.2) is 0 Å². The van der Waals surface area contributed by atoms with Crippen LogP contribution in [0.3, 0.4) is 0 Å². The van der Waals surface area contributed by atoms with E-state index in [0.717, 1.165) is 10.5 Å². The molecule has 70 valence electrons. The predicted molar refractivity (Wildman–Crippen MR) is 47.8 cm³/mol. The number of thiol groups is 1. The molecule has 0 radical (unpaired) electrons. The van der Waals surface area contributed by atoms with Gasteiger partial charge in [0.15, 0.2) is 0 Å². The molecule has 0 aromatic carbocycles. The highest BCUT2D eigenvalue weighted by Crippen LogP contribution is 2.03. The second-order valence-electron chi connectivity index (χ2n) is 1.86. The minimum Gasteiger partial charge on any atom is -0.755 e. The number of nitrogens with zero attached hydrogens (tertiary/aromatic N) is 1. The zero-order valence-electron chi connectivity index (χ0n) is 6.17. The molecule has 0 saturated carbocycles. The fraction of sp³-hybridized carbons (Fsp3) is 0.400. The molecule has 0 rings (SSSR count). The lowest BCUT2D eigenvalue weighted by Gasteiger charge is -2.27. The molecule has 2 atom stereocenters. The highest BCUT2D eigenvalue weighted by molar-refractivity contribution is 7.80. The lowest BCUT2D eigenvalue weighted by molar-refractivity contribution is -0.120. The Labute approximate surface area is 78.4 Å². The third-order valence-electron chi connectivity index (χ3n) is 1.16. The molecule has 0 heterocycles. The van der Waals surface area contributed by atoms with Crippen molar-refractivity contribution in [1.29, 1.82) is 0 Å². The fourth-order valence-corrected chi connectivity index (χ4v) is 1.56. The summed E-state index contributed by atoms with van der Waals surface area (Å²) in [7, 11) is 0. The summed E-state index contributed by atoms with van der Waals surface area (Å²) in [6, 6.07) is -0.968. The third-order valence-corrected chi connectivity index (χ3v) is 2.25. The number of hydrogen-bond acceptors (Lipinski definition) is 4. The van der Waals surface area contributed by atoms with Crippen LogP contribution >= 0.6 is 12.6 Å². The maximum Gasteiger partial charge on any atom is 0.242 e. The lowest BCUT2D eigenvalue weighted by atomic mass is 10.3. The van der Waals surface area contributed by atoms with Gasteiger partial charge in [-0.15, -0.1) is 0 Å². The van der Waals surface area contributed by atoms with Gasteiger partial charge >= 0.3 is 0 Å². The van der Waals surface area contributed by atoms with Crippen LogP contribution in [0.4, 0.5) is 0 Å². The van der Waals surface area contributed by atoms with Crippen molar-refractivity contribution in [3.63, 3.8) is 0 Å². The average molecular weight is 209 g/mol. The van der Waals surface area contributed by atoms with Crippen molar-refractivity contribution in [3.05, 3.63) is 12.8 Å². The second kappa shape index (κ2) is 5.18. The lowest BCUT2D eigenvalue weighted by Crippen LogP contribution is -2.43. The first kappa shape index (κ1) is 11.5. The van der Waals surface area contributed by atoms with Gasteiger partial charge in [0.2, 0.25) is 5.91 Å². The van der Waals surface area contributed by atoms with Crippen LogP contribution in [0.1, 0.15) is 0 Å². The van der Waals surface area contributed by atoms with Crippen LogP contribution in [0, 0.1) is 0 Å². The number of hydrogen-bond donors (Lipinski definition) is 2. The molecular weight excluding hydrogens is 200 g/mol. The van der Waals surface area contributed by atoms with Crippen molar-refractivity contribution in [2.45, 2.75) is 6.04 Å². The van der Waals surface area contributed by atoms with Gasteiger partial charge in [-0.1, -0.05) is 6.58 Å². The summed E-state index contributed by atoms with van der Waals surface area (Å²) in [5.74, 6) is -0.732. The fourth-order valence-electron chi connectivity index (χ4n) is 0.588. The molecule has 0 aromatic heterocycles. The van der Waals surface area contributed by atoms with Crippen molar-refractivity contribution in [2.75, 3.05) is 5.75 Å². The number of nitrogens with two attached hydrogens (primary N) is 1. The Bertz CT molecular complexity index is 209. The molecular formula is C5H9N2O3S2-. The zero-order chi connectivity index (χ0) is 9.72. The molecule has 5 nitrogen and oxygen atoms in total. The summed E-state index contributed by atoms with van der Waals surface area (Å²) in [4.78, 5) is 10.6. The molecule has 0 spiro atoms. The number of rotatable bonds is 5. The van der Waals surface area contributed by atoms with E-state index in [-0.39, 0.29) is 5.75 Å². The SMILES string of the molecule is C=CN(C(CS)C(N)=O)S(=O)[O-]. The second-order valence-corrected chi connectivity index (χ2v) is 3.08. The Morgan fingerprint density at radius 2 is 2.42 bits per heavy atom. The van der Waals surface area contributed by atoms with Crippen LogP contribution in [0.15, 0.2) is 12.8 Å². The number of amides is 1. The Hall–Kier alpha value is -0.530. The number of primary amides is 1. The van der Waals surface area contributed by atoms with E-state index in [1.807, 2.05) is 0 Å². The van der Waals surface area contributed by atoms with Gasteiger partial charge in [0.1, 0.15) is 6.04 Å². The minimum absolute atomic E-state index is 0.0231. The van der Waals surface area contributed by atoms with Gasteiger partial charge < -0.3 is 10.3 Å². The van der Waals surface area contributed by atoms with Crippen molar-refractivity contribution in [1.82, 2.24) is 4.31 Å². The molecule has 0 fully saturated rings. The molecule has 2 N–H and O–H groups in total. The summed E-state index contributed by atoms with van der Waals surface area (Å²) >= 11 is 1.24. The van der Waals surface area contributed by atoms with Crippen molar-refractivity contribution in [3.8, 4) is 0 Å². The monoisotopic (exact) mass is 209 g/mol. The average Bonchev–Trinajstić information content (AvgIpc) is 1.98.